The molecule has 0 heterocycles. The number of benzene rings is 2. The number of ketones is 1. The molecule has 2 rings (SSSR count). The average molecular weight is 333 g/mol. The van der Waals surface area contributed by atoms with Crippen molar-refractivity contribution in [1.29, 1.82) is 0 Å². The number of anilines is 1. The molecule has 0 aliphatic carbocycles. The maximum Gasteiger partial charge on any atom is 0.319 e. The smallest absolute Gasteiger partial charge is 0.319 e. The van der Waals surface area contributed by atoms with E-state index in [1.54, 1.807) is 48.5 Å². The molecule has 23 heavy (non-hydrogen) atoms. The predicted molar refractivity (Wildman–Crippen MR) is 89.9 cm³/mol. The molecular weight excluding hydrogens is 316 g/mol. The quantitative estimate of drug-likeness (QED) is 0.734. The summed E-state index contributed by atoms with van der Waals surface area (Å²) in [5.74, 6) is -0.0379. The molecule has 2 aromatic rings. The van der Waals surface area contributed by atoms with Crippen LogP contribution in [0.5, 0.6) is 0 Å². The van der Waals surface area contributed by atoms with Crippen LogP contribution in [0.4, 0.5) is 10.5 Å². The molecule has 6 heteroatoms. The third-order valence-corrected chi connectivity index (χ3v) is 3.56. The monoisotopic (exact) mass is 332 g/mol. The van der Waals surface area contributed by atoms with Gasteiger partial charge in [-0.05, 0) is 48.9 Å². The zero-order valence-electron chi connectivity index (χ0n) is 12.5. The van der Waals surface area contributed by atoms with E-state index < -0.39 is 12.1 Å². The zero-order chi connectivity index (χ0) is 16.8. The van der Waals surface area contributed by atoms with Crippen LogP contribution in [-0.4, -0.2) is 23.5 Å². The van der Waals surface area contributed by atoms with Gasteiger partial charge in [0, 0.05) is 16.3 Å². The molecule has 3 N–H and O–H groups in total. The maximum absolute atomic E-state index is 12.0. The lowest BCUT2D eigenvalue weighted by molar-refractivity contribution is 0.101. The molecule has 5 nitrogen and oxygen atoms in total. The van der Waals surface area contributed by atoms with E-state index in [1.165, 1.54) is 6.92 Å². The molecule has 1 atom stereocenters. The standard InChI is InChI=1S/C17H17ClN2O3/c1-11(22)12-4-8-15(9-5-12)19-17(23)20-16(10-21)13-2-6-14(18)7-3-13/h2-9,16,21H,10H2,1H3,(H2,19,20,23). The largest absolute Gasteiger partial charge is 0.394 e. The van der Waals surface area contributed by atoms with E-state index in [1.807, 2.05) is 0 Å². The predicted octanol–water partition coefficient (Wildman–Crippen LogP) is 3.40. The molecule has 2 aromatic carbocycles. The number of aliphatic hydroxyl groups is 1. The summed E-state index contributed by atoms with van der Waals surface area (Å²) in [6, 6.07) is 12.5. The van der Waals surface area contributed by atoms with Crippen molar-refractivity contribution in [3.63, 3.8) is 0 Å². The maximum atomic E-state index is 12.0. The SMILES string of the molecule is CC(=O)c1ccc(NC(=O)NC(CO)c2ccc(Cl)cc2)cc1. The van der Waals surface area contributed by atoms with E-state index in [4.69, 9.17) is 11.6 Å². The number of carbonyl (C=O) groups excluding carboxylic acids is 2. The van der Waals surface area contributed by atoms with Crippen molar-refractivity contribution in [2.75, 3.05) is 11.9 Å². The Morgan fingerprint density at radius 1 is 1.09 bits per heavy atom. The lowest BCUT2D eigenvalue weighted by atomic mass is 10.1. The molecule has 0 saturated heterocycles. The number of Topliss-reactive ketones (excluding diaryl/α,β-unsaturated/α-hetero) is 1. The highest BCUT2D eigenvalue weighted by atomic mass is 35.5. The number of aliphatic hydroxyl groups excluding tert-OH is 1. The van der Waals surface area contributed by atoms with Crippen LogP contribution >= 0.6 is 11.6 Å². The third-order valence-electron chi connectivity index (χ3n) is 3.31. The Morgan fingerprint density at radius 3 is 2.22 bits per heavy atom. The third kappa shape index (κ3) is 4.81. The summed E-state index contributed by atoms with van der Waals surface area (Å²) >= 11 is 5.82. The van der Waals surface area contributed by atoms with E-state index >= 15 is 0 Å². The Hall–Kier alpha value is -2.37. The van der Waals surface area contributed by atoms with Gasteiger partial charge in [-0.3, -0.25) is 4.79 Å². The number of nitrogens with one attached hydrogen (secondary N) is 2. The van der Waals surface area contributed by atoms with E-state index in [9.17, 15) is 14.7 Å². The first kappa shape index (κ1) is 17.0. The molecule has 0 aliphatic heterocycles. The van der Waals surface area contributed by atoms with Crippen molar-refractivity contribution < 1.29 is 14.7 Å². The van der Waals surface area contributed by atoms with Crippen LogP contribution < -0.4 is 10.6 Å². The minimum absolute atomic E-state index is 0.0379. The van der Waals surface area contributed by atoms with Crippen LogP contribution in [0.15, 0.2) is 48.5 Å². The van der Waals surface area contributed by atoms with Crippen molar-refractivity contribution in [1.82, 2.24) is 5.32 Å². The highest BCUT2D eigenvalue weighted by Crippen LogP contribution is 2.17. The van der Waals surface area contributed by atoms with Crippen LogP contribution in [0, 0.1) is 0 Å². The Morgan fingerprint density at radius 2 is 1.70 bits per heavy atom. The van der Waals surface area contributed by atoms with Gasteiger partial charge >= 0.3 is 6.03 Å². The van der Waals surface area contributed by atoms with Gasteiger partial charge in [0.15, 0.2) is 5.78 Å². The van der Waals surface area contributed by atoms with Gasteiger partial charge < -0.3 is 15.7 Å². The number of rotatable bonds is 5. The molecule has 0 saturated carbocycles. The fourth-order valence-electron chi connectivity index (χ4n) is 2.04. The van der Waals surface area contributed by atoms with Gasteiger partial charge in [0.05, 0.1) is 12.6 Å². The molecule has 1 unspecified atom stereocenters. The Bertz CT molecular complexity index is 684. The van der Waals surface area contributed by atoms with Crippen LogP contribution in [0.25, 0.3) is 0 Å². The molecule has 0 radical (unpaired) electrons. The second-order valence-electron chi connectivity index (χ2n) is 5.02. The minimum atomic E-state index is -0.538. The summed E-state index contributed by atoms with van der Waals surface area (Å²) in [5.41, 5.74) is 1.88. The molecule has 0 bridgehead atoms. The number of amides is 2. The van der Waals surface area contributed by atoms with Gasteiger partial charge in [-0.25, -0.2) is 4.79 Å². The van der Waals surface area contributed by atoms with E-state index in [-0.39, 0.29) is 12.4 Å². The summed E-state index contributed by atoms with van der Waals surface area (Å²) in [6.07, 6.45) is 0. The second-order valence-corrected chi connectivity index (χ2v) is 5.46. The topological polar surface area (TPSA) is 78.4 Å². The van der Waals surface area contributed by atoms with Crippen LogP contribution in [-0.2, 0) is 0 Å². The first-order valence-corrected chi connectivity index (χ1v) is 7.42. The summed E-state index contributed by atoms with van der Waals surface area (Å²) < 4.78 is 0. The van der Waals surface area contributed by atoms with Gasteiger partial charge in [0.1, 0.15) is 0 Å². The average Bonchev–Trinajstić information content (AvgIpc) is 2.54. The van der Waals surface area contributed by atoms with Gasteiger partial charge in [-0.1, -0.05) is 23.7 Å². The van der Waals surface area contributed by atoms with Crippen molar-refractivity contribution >= 4 is 29.1 Å². The van der Waals surface area contributed by atoms with E-state index in [0.29, 0.717) is 16.3 Å². The van der Waals surface area contributed by atoms with Crippen molar-refractivity contribution in [2.24, 2.45) is 0 Å². The fraction of sp³-hybridized carbons (Fsp3) is 0.176. The molecular formula is C17H17ClN2O3. The molecule has 0 aliphatic rings. The molecule has 120 valence electrons. The lowest BCUT2D eigenvalue weighted by Gasteiger charge is -2.17. The summed E-state index contributed by atoms with van der Waals surface area (Å²) in [5, 5.41) is 15.4. The first-order valence-electron chi connectivity index (χ1n) is 7.04. The highest BCUT2D eigenvalue weighted by Gasteiger charge is 2.13. The number of halogens is 1. The summed E-state index contributed by atoms with van der Waals surface area (Å²) in [4.78, 5) is 23.2. The van der Waals surface area contributed by atoms with Gasteiger partial charge in [0.25, 0.3) is 0 Å². The van der Waals surface area contributed by atoms with Crippen molar-refractivity contribution in [3.8, 4) is 0 Å². The fourth-order valence-corrected chi connectivity index (χ4v) is 2.17. The highest BCUT2D eigenvalue weighted by molar-refractivity contribution is 6.30. The second kappa shape index (κ2) is 7.76. The zero-order valence-corrected chi connectivity index (χ0v) is 13.3. The molecule has 0 aromatic heterocycles. The number of urea groups is 1. The lowest BCUT2D eigenvalue weighted by Crippen LogP contribution is -2.34. The molecule has 2 amide bonds. The summed E-state index contributed by atoms with van der Waals surface area (Å²) in [7, 11) is 0. The number of hydrogen-bond donors (Lipinski definition) is 3. The van der Waals surface area contributed by atoms with Crippen LogP contribution in [0.2, 0.25) is 5.02 Å². The normalized spacial score (nSPS) is 11.6. The number of carbonyl (C=O) groups is 2. The van der Waals surface area contributed by atoms with E-state index in [0.717, 1.165) is 5.56 Å². The van der Waals surface area contributed by atoms with Crippen LogP contribution in [0.3, 0.4) is 0 Å². The Kier molecular flexibility index (Phi) is 5.73. The van der Waals surface area contributed by atoms with Crippen molar-refractivity contribution in [3.05, 3.63) is 64.7 Å². The Balaban J connectivity index is 1.99. The number of hydrogen-bond acceptors (Lipinski definition) is 3. The first-order chi connectivity index (χ1) is 11.0. The van der Waals surface area contributed by atoms with Crippen molar-refractivity contribution in [2.45, 2.75) is 13.0 Å². The van der Waals surface area contributed by atoms with Gasteiger partial charge in [-0.15, -0.1) is 0 Å². The summed E-state index contributed by atoms with van der Waals surface area (Å²) in [6.45, 7) is 1.24. The van der Waals surface area contributed by atoms with Gasteiger partial charge in [0.2, 0.25) is 0 Å². The van der Waals surface area contributed by atoms with Crippen LogP contribution in [0.1, 0.15) is 28.9 Å². The van der Waals surface area contributed by atoms with Gasteiger partial charge in [-0.2, -0.15) is 0 Å². The van der Waals surface area contributed by atoms with E-state index in [2.05, 4.69) is 10.6 Å². The minimum Gasteiger partial charge on any atom is -0.394 e. The Labute approximate surface area is 139 Å². The molecule has 0 spiro atoms. The molecule has 0 fully saturated rings.